The Kier molecular flexibility index (Phi) is 3.14. The molecular formula is C10H10O2S. The minimum Gasteiger partial charge on any atom is -0.427 e. The Hall–Kier alpha value is -1.22. The van der Waals surface area contributed by atoms with Crippen molar-refractivity contribution in [3.63, 3.8) is 0 Å². The van der Waals surface area contributed by atoms with Crippen molar-refractivity contribution < 1.29 is 9.53 Å². The SMILES string of the molecule is CC(=O)Oc1ccc(C(C)=S)cc1. The molecule has 0 N–H and O–H groups in total. The Morgan fingerprint density at radius 2 is 1.77 bits per heavy atom. The summed E-state index contributed by atoms with van der Waals surface area (Å²) in [4.78, 5) is 11.4. The van der Waals surface area contributed by atoms with Gasteiger partial charge in [0, 0.05) is 11.8 Å². The number of esters is 1. The highest BCUT2D eigenvalue weighted by Gasteiger charge is 1.98. The van der Waals surface area contributed by atoms with E-state index in [-0.39, 0.29) is 5.97 Å². The molecule has 2 nitrogen and oxygen atoms in total. The van der Waals surface area contributed by atoms with E-state index >= 15 is 0 Å². The number of rotatable bonds is 2. The van der Waals surface area contributed by atoms with E-state index in [1.54, 1.807) is 12.1 Å². The fourth-order valence-electron chi connectivity index (χ4n) is 0.924. The van der Waals surface area contributed by atoms with Gasteiger partial charge in [-0.3, -0.25) is 4.79 Å². The lowest BCUT2D eigenvalue weighted by Crippen LogP contribution is -2.01. The van der Waals surface area contributed by atoms with Gasteiger partial charge in [0.1, 0.15) is 5.75 Å². The third kappa shape index (κ3) is 2.95. The van der Waals surface area contributed by atoms with Gasteiger partial charge in [-0.05, 0) is 24.6 Å². The zero-order chi connectivity index (χ0) is 9.84. The lowest BCUT2D eigenvalue weighted by Gasteiger charge is -2.01. The molecule has 0 aliphatic carbocycles. The van der Waals surface area contributed by atoms with Gasteiger partial charge in [-0.15, -0.1) is 0 Å². The molecule has 0 heterocycles. The van der Waals surface area contributed by atoms with Gasteiger partial charge in [-0.25, -0.2) is 0 Å². The number of thiocarbonyl (C=S) groups is 1. The molecular weight excluding hydrogens is 184 g/mol. The minimum absolute atomic E-state index is 0.313. The summed E-state index contributed by atoms with van der Waals surface area (Å²) in [5, 5.41) is 0. The van der Waals surface area contributed by atoms with Crippen molar-refractivity contribution >= 4 is 23.1 Å². The number of hydrogen-bond donors (Lipinski definition) is 0. The maximum atomic E-state index is 10.6. The van der Waals surface area contributed by atoms with Crippen LogP contribution in [0.25, 0.3) is 0 Å². The molecule has 1 rings (SSSR count). The summed E-state index contributed by atoms with van der Waals surface area (Å²) in [6, 6.07) is 7.13. The van der Waals surface area contributed by atoms with Crippen LogP contribution in [0.1, 0.15) is 19.4 Å². The first-order chi connectivity index (χ1) is 6.09. The topological polar surface area (TPSA) is 26.3 Å². The summed E-state index contributed by atoms with van der Waals surface area (Å²) >= 11 is 4.99. The van der Waals surface area contributed by atoms with Gasteiger partial charge in [-0.1, -0.05) is 24.4 Å². The summed E-state index contributed by atoms with van der Waals surface area (Å²) in [5.41, 5.74) is 0.978. The summed E-state index contributed by atoms with van der Waals surface area (Å²) < 4.78 is 4.87. The van der Waals surface area contributed by atoms with Crippen LogP contribution in [0, 0.1) is 0 Å². The van der Waals surface area contributed by atoms with Crippen LogP contribution in [0.4, 0.5) is 0 Å². The number of carbonyl (C=O) groups excluding carboxylic acids is 1. The second-order valence-corrected chi connectivity index (χ2v) is 3.29. The van der Waals surface area contributed by atoms with Crippen LogP contribution in [-0.2, 0) is 4.79 Å². The maximum absolute atomic E-state index is 10.6. The third-order valence-electron chi connectivity index (χ3n) is 1.52. The molecule has 0 bridgehead atoms. The van der Waals surface area contributed by atoms with Crippen LogP contribution in [0.5, 0.6) is 5.75 Å². The molecule has 0 aliphatic heterocycles. The van der Waals surface area contributed by atoms with Crippen LogP contribution < -0.4 is 4.74 Å². The van der Waals surface area contributed by atoms with Crippen LogP contribution in [0.3, 0.4) is 0 Å². The van der Waals surface area contributed by atoms with E-state index in [1.165, 1.54) is 6.92 Å². The molecule has 0 saturated heterocycles. The molecule has 0 radical (unpaired) electrons. The third-order valence-corrected chi connectivity index (χ3v) is 1.76. The van der Waals surface area contributed by atoms with Crippen LogP contribution >= 0.6 is 12.2 Å². The van der Waals surface area contributed by atoms with Crippen molar-refractivity contribution in [1.29, 1.82) is 0 Å². The van der Waals surface area contributed by atoms with Crippen LogP contribution in [0.2, 0.25) is 0 Å². The molecule has 1 aromatic rings. The predicted octanol–water partition coefficient (Wildman–Crippen LogP) is 2.35. The molecule has 0 atom stereocenters. The molecule has 13 heavy (non-hydrogen) atoms. The fraction of sp³-hybridized carbons (Fsp3) is 0.200. The fourth-order valence-corrected chi connectivity index (χ4v) is 1.06. The molecule has 68 valence electrons. The van der Waals surface area contributed by atoms with Gasteiger partial charge in [-0.2, -0.15) is 0 Å². The lowest BCUT2D eigenvalue weighted by molar-refractivity contribution is -0.131. The monoisotopic (exact) mass is 194 g/mol. The molecule has 0 unspecified atom stereocenters. The largest absolute Gasteiger partial charge is 0.427 e. The van der Waals surface area contributed by atoms with Crippen molar-refractivity contribution in [1.82, 2.24) is 0 Å². The molecule has 0 aromatic heterocycles. The number of hydrogen-bond acceptors (Lipinski definition) is 3. The van der Waals surface area contributed by atoms with Crippen molar-refractivity contribution in [2.45, 2.75) is 13.8 Å². The average molecular weight is 194 g/mol. The molecule has 0 fully saturated rings. The molecule has 0 aliphatic rings. The molecule has 1 aromatic carbocycles. The standard InChI is InChI=1S/C10H10O2S/c1-7(13)9-3-5-10(6-4-9)12-8(2)11/h3-6H,1-2H3. The minimum atomic E-state index is -0.313. The van der Waals surface area contributed by atoms with Gasteiger partial charge >= 0.3 is 5.97 Å². The Labute approximate surface area is 82.5 Å². The van der Waals surface area contributed by atoms with E-state index in [1.807, 2.05) is 19.1 Å². The van der Waals surface area contributed by atoms with Crippen molar-refractivity contribution in [3.8, 4) is 5.75 Å². The summed E-state index contributed by atoms with van der Waals surface area (Å²) in [6.45, 7) is 3.23. The molecule has 3 heteroatoms. The maximum Gasteiger partial charge on any atom is 0.308 e. The van der Waals surface area contributed by atoms with E-state index in [2.05, 4.69) is 0 Å². The first-order valence-corrected chi connectivity index (χ1v) is 4.30. The molecule has 0 amide bonds. The second-order valence-electron chi connectivity index (χ2n) is 2.67. The smallest absolute Gasteiger partial charge is 0.308 e. The first kappa shape index (κ1) is 9.86. The van der Waals surface area contributed by atoms with E-state index < -0.39 is 0 Å². The van der Waals surface area contributed by atoms with Crippen LogP contribution in [-0.4, -0.2) is 10.8 Å². The predicted molar refractivity (Wildman–Crippen MR) is 55.1 cm³/mol. The average Bonchev–Trinajstić information content (AvgIpc) is 2.04. The van der Waals surface area contributed by atoms with Gasteiger partial charge in [0.15, 0.2) is 0 Å². The Bertz CT molecular complexity index is 327. The highest BCUT2D eigenvalue weighted by molar-refractivity contribution is 7.80. The van der Waals surface area contributed by atoms with Gasteiger partial charge < -0.3 is 4.74 Å². The first-order valence-electron chi connectivity index (χ1n) is 3.89. The number of carbonyl (C=O) groups is 1. The summed E-state index contributed by atoms with van der Waals surface area (Å²) in [6.07, 6.45) is 0. The zero-order valence-electron chi connectivity index (χ0n) is 7.53. The van der Waals surface area contributed by atoms with Crippen LogP contribution in [0.15, 0.2) is 24.3 Å². The molecule has 0 saturated carbocycles. The highest BCUT2D eigenvalue weighted by atomic mass is 32.1. The normalized spacial score (nSPS) is 9.38. The highest BCUT2D eigenvalue weighted by Crippen LogP contribution is 2.12. The van der Waals surface area contributed by atoms with Crippen molar-refractivity contribution in [2.24, 2.45) is 0 Å². The Morgan fingerprint density at radius 1 is 1.23 bits per heavy atom. The van der Waals surface area contributed by atoms with Crippen molar-refractivity contribution in [2.75, 3.05) is 0 Å². The Morgan fingerprint density at radius 3 is 2.15 bits per heavy atom. The second kappa shape index (κ2) is 4.14. The van der Waals surface area contributed by atoms with E-state index in [0.29, 0.717) is 5.75 Å². The summed E-state index contributed by atoms with van der Waals surface area (Å²) in [5.74, 6) is 0.235. The Balaban J connectivity index is 2.81. The van der Waals surface area contributed by atoms with Crippen molar-refractivity contribution in [3.05, 3.63) is 29.8 Å². The summed E-state index contributed by atoms with van der Waals surface area (Å²) in [7, 11) is 0. The van der Waals surface area contributed by atoms with Gasteiger partial charge in [0.25, 0.3) is 0 Å². The zero-order valence-corrected chi connectivity index (χ0v) is 8.35. The quantitative estimate of drug-likeness (QED) is 0.313. The number of benzene rings is 1. The van der Waals surface area contributed by atoms with Gasteiger partial charge in [0.05, 0.1) is 0 Å². The number of ether oxygens (including phenoxy) is 1. The van der Waals surface area contributed by atoms with E-state index in [9.17, 15) is 4.79 Å². The van der Waals surface area contributed by atoms with Gasteiger partial charge in [0.2, 0.25) is 0 Å². The van der Waals surface area contributed by atoms with E-state index in [4.69, 9.17) is 17.0 Å². The lowest BCUT2D eigenvalue weighted by atomic mass is 10.2. The molecule has 0 spiro atoms. The van der Waals surface area contributed by atoms with E-state index in [0.717, 1.165) is 10.4 Å².